The Kier molecular flexibility index (Phi) is 5.17. The molecule has 1 aromatic rings. The summed E-state index contributed by atoms with van der Waals surface area (Å²) in [5, 5.41) is 0. The number of hydrogen-bond donors (Lipinski definition) is 1. The summed E-state index contributed by atoms with van der Waals surface area (Å²) < 4.78 is 5.69. The van der Waals surface area contributed by atoms with Gasteiger partial charge in [-0.25, -0.2) is 4.98 Å². The maximum atomic E-state index is 12.6. The highest BCUT2D eigenvalue weighted by Gasteiger charge is 2.27. The van der Waals surface area contributed by atoms with E-state index in [9.17, 15) is 4.79 Å². The number of pyridine rings is 1. The van der Waals surface area contributed by atoms with Crippen LogP contribution >= 0.6 is 0 Å². The fraction of sp³-hybridized carbons (Fsp3) is 0.625. The zero-order valence-corrected chi connectivity index (χ0v) is 13.1. The highest BCUT2D eigenvalue weighted by Crippen LogP contribution is 2.24. The third-order valence-corrected chi connectivity index (χ3v) is 3.91. The van der Waals surface area contributed by atoms with Gasteiger partial charge in [0.25, 0.3) is 5.91 Å². The first kappa shape index (κ1) is 15.8. The maximum absolute atomic E-state index is 12.6. The van der Waals surface area contributed by atoms with Crippen LogP contribution in [0.2, 0.25) is 0 Å². The summed E-state index contributed by atoms with van der Waals surface area (Å²) in [4.78, 5) is 18.7. The molecular formula is C16H25N3O2. The fourth-order valence-electron chi connectivity index (χ4n) is 2.68. The third-order valence-electron chi connectivity index (χ3n) is 3.91. The number of amides is 1. The lowest BCUT2D eigenvalue weighted by atomic mass is 9.91. The predicted molar refractivity (Wildman–Crippen MR) is 82.3 cm³/mol. The van der Waals surface area contributed by atoms with Gasteiger partial charge in [-0.2, -0.15) is 0 Å². The van der Waals surface area contributed by atoms with Crippen molar-refractivity contribution >= 4 is 5.91 Å². The van der Waals surface area contributed by atoms with Crippen molar-refractivity contribution in [3.63, 3.8) is 0 Å². The molecule has 1 saturated heterocycles. The van der Waals surface area contributed by atoms with Gasteiger partial charge in [0.15, 0.2) is 11.4 Å². The van der Waals surface area contributed by atoms with Gasteiger partial charge in [0.05, 0.1) is 6.10 Å². The van der Waals surface area contributed by atoms with Crippen LogP contribution in [-0.2, 0) is 0 Å². The van der Waals surface area contributed by atoms with E-state index in [0.717, 1.165) is 25.9 Å². The summed E-state index contributed by atoms with van der Waals surface area (Å²) in [5.41, 5.74) is 6.35. The Morgan fingerprint density at radius 3 is 2.62 bits per heavy atom. The van der Waals surface area contributed by atoms with E-state index in [2.05, 4.69) is 4.98 Å². The number of carbonyl (C=O) groups excluding carboxylic acids is 1. The second kappa shape index (κ2) is 6.89. The molecule has 1 aliphatic heterocycles. The molecule has 0 bridgehead atoms. The highest BCUT2D eigenvalue weighted by molar-refractivity contribution is 5.95. The van der Waals surface area contributed by atoms with E-state index in [0.29, 0.717) is 17.4 Å². The molecule has 1 fully saturated rings. The van der Waals surface area contributed by atoms with Crippen molar-refractivity contribution in [1.29, 1.82) is 0 Å². The normalized spacial score (nSPS) is 17.9. The molecule has 2 N–H and O–H groups in total. The van der Waals surface area contributed by atoms with Gasteiger partial charge in [-0.15, -0.1) is 0 Å². The smallest absolute Gasteiger partial charge is 0.276 e. The molecule has 0 aromatic carbocycles. The Hall–Kier alpha value is -1.62. The molecule has 5 heteroatoms. The monoisotopic (exact) mass is 291 g/mol. The summed E-state index contributed by atoms with van der Waals surface area (Å²) in [6.45, 7) is 7.39. The van der Waals surface area contributed by atoms with E-state index in [1.54, 1.807) is 18.3 Å². The van der Waals surface area contributed by atoms with E-state index in [-0.39, 0.29) is 18.1 Å². The van der Waals surface area contributed by atoms with Crippen molar-refractivity contribution in [2.45, 2.75) is 45.8 Å². The number of carbonyl (C=O) groups is 1. The summed E-state index contributed by atoms with van der Waals surface area (Å²) in [5.74, 6) is 1.02. The average molecular weight is 291 g/mol. The van der Waals surface area contributed by atoms with E-state index in [1.165, 1.54) is 0 Å². The van der Waals surface area contributed by atoms with Crippen molar-refractivity contribution in [1.82, 2.24) is 9.88 Å². The molecule has 116 valence electrons. The van der Waals surface area contributed by atoms with E-state index in [4.69, 9.17) is 10.5 Å². The zero-order chi connectivity index (χ0) is 15.4. The lowest BCUT2D eigenvalue weighted by molar-refractivity contribution is 0.0668. The van der Waals surface area contributed by atoms with Crippen LogP contribution in [0.4, 0.5) is 0 Å². The third kappa shape index (κ3) is 3.94. The molecule has 2 rings (SSSR count). The SMILES string of the molecule is CC(C)Oc1cccnc1C(=O)N1CCC(C(C)N)CC1. The predicted octanol–water partition coefficient (Wildman–Crippen LogP) is 2.07. The Balaban J connectivity index is 2.07. The number of rotatable bonds is 4. The van der Waals surface area contributed by atoms with E-state index >= 15 is 0 Å². The first-order valence-corrected chi connectivity index (χ1v) is 7.65. The molecule has 1 aliphatic rings. The first-order chi connectivity index (χ1) is 9.99. The second-order valence-corrected chi connectivity index (χ2v) is 6.01. The number of likely N-dealkylation sites (tertiary alicyclic amines) is 1. The van der Waals surface area contributed by atoms with Crippen LogP contribution in [0.15, 0.2) is 18.3 Å². The van der Waals surface area contributed by atoms with Crippen molar-refractivity contribution in [2.24, 2.45) is 11.7 Å². The Labute approximate surface area is 126 Å². The van der Waals surface area contributed by atoms with Gasteiger partial charge in [-0.05, 0) is 51.7 Å². The molecule has 1 amide bonds. The minimum atomic E-state index is -0.0469. The maximum Gasteiger partial charge on any atom is 0.276 e. The molecule has 1 unspecified atom stereocenters. The number of piperidine rings is 1. The van der Waals surface area contributed by atoms with Crippen molar-refractivity contribution < 1.29 is 9.53 Å². The summed E-state index contributed by atoms with van der Waals surface area (Å²) in [6, 6.07) is 3.78. The molecular weight excluding hydrogens is 266 g/mol. The van der Waals surface area contributed by atoms with Crippen LogP contribution in [-0.4, -0.2) is 41.0 Å². The van der Waals surface area contributed by atoms with Gasteiger partial charge in [-0.1, -0.05) is 0 Å². The quantitative estimate of drug-likeness (QED) is 0.922. The highest BCUT2D eigenvalue weighted by atomic mass is 16.5. The van der Waals surface area contributed by atoms with Crippen LogP contribution in [0.1, 0.15) is 44.1 Å². The first-order valence-electron chi connectivity index (χ1n) is 7.65. The fourth-order valence-corrected chi connectivity index (χ4v) is 2.68. The number of aromatic nitrogens is 1. The molecule has 2 heterocycles. The van der Waals surface area contributed by atoms with Crippen molar-refractivity contribution in [2.75, 3.05) is 13.1 Å². The molecule has 0 aliphatic carbocycles. The standard InChI is InChI=1S/C16H25N3O2/c1-11(2)21-14-5-4-8-18-15(14)16(20)19-9-6-13(7-10-19)12(3)17/h4-5,8,11-13H,6-7,9-10,17H2,1-3H3. The second-order valence-electron chi connectivity index (χ2n) is 6.01. The lowest BCUT2D eigenvalue weighted by Crippen LogP contribution is -2.42. The number of nitrogens with two attached hydrogens (primary N) is 1. The largest absolute Gasteiger partial charge is 0.489 e. The van der Waals surface area contributed by atoms with E-state index in [1.807, 2.05) is 25.7 Å². The summed E-state index contributed by atoms with van der Waals surface area (Å²) in [7, 11) is 0. The number of ether oxygens (including phenoxy) is 1. The van der Waals surface area contributed by atoms with Gasteiger partial charge in [0, 0.05) is 25.3 Å². The molecule has 0 saturated carbocycles. The molecule has 1 atom stereocenters. The molecule has 21 heavy (non-hydrogen) atoms. The van der Waals surface area contributed by atoms with Crippen molar-refractivity contribution in [3.05, 3.63) is 24.0 Å². The molecule has 5 nitrogen and oxygen atoms in total. The number of nitrogens with zero attached hydrogens (tertiary/aromatic N) is 2. The van der Waals surface area contributed by atoms with Crippen LogP contribution in [0.3, 0.4) is 0 Å². The Morgan fingerprint density at radius 2 is 2.05 bits per heavy atom. The minimum absolute atomic E-state index is 0.0181. The van der Waals surface area contributed by atoms with Gasteiger partial charge < -0.3 is 15.4 Å². The minimum Gasteiger partial charge on any atom is -0.489 e. The Morgan fingerprint density at radius 1 is 1.38 bits per heavy atom. The lowest BCUT2D eigenvalue weighted by Gasteiger charge is -2.33. The molecule has 0 spiro atoms. The van der Waals surface area contributed by atoms with Crippen LogP contribution in [0.25, 0.3) is 0 Å². The topological polar surface area (TPSA) is 68.5 Å². The van der Waals surface area contributed by atoms with Crippen molar-refractivity contribution in [3.8, 4) is 5.75 Å². The van der Waals surface area contributed by atoms with E-state index < -0.39 is 0 Å². The van der Waals surface area contributed by atoms with Gasteiger partial charge in [-0.3, -0.25) is 4.79 Å². The molecule has 1 aromatic heterocycles. The molecule has 0 radical (unpaired) electrons. The zero-order valence-electron chi connectivity index (χ0n) is 13.1. The van der Waals surface area contributed by atoms with Gasteiger partial charge in [0.2, 0.25) is 0 Å². The summed E-state index contributed by atoms with van der Waals surface area (Å²) in [6.07, 6.45) is 3.56. The van der Waals surface area contributed by atoms with Crippen LogP contribution < -0.4 is 10.5 Å². The average Bonchev–Trinajstić information content (AvgIpc) is 2.46. The summed E-state index contributed by atoms with van der Waals surface area (Å²) >= 11 is 0. The van der Waals surface area contributed by atoms with Crippen LogP contribution in [0, 0.1) is 5.92 Å². The Bertz CT molecular complexity index is 480. The van der Waals surface area contributed by atoms with Gasteiger partial charge in [0.1, 0.15) is 0 Å². The van der Waals surface area contributed by atoms with Gasteiger partial charge >= 0.3 is 0 Å². The number of hydrogen-bond acceptors (Lipinski definition) is 4. The van der Waals surface area contributed by atoms with Crippen LogP contribution in [0.5, 0.6) is 5.75 Å².